The average Bonchev–Trinajstić information content (AvgIpc) is 3.06. The largest absolute Gasteiger partial charge is 0.396 e. The van der Waals surface area contributed by atoms with Crippen molar-refractivity contribution in [1.29, 1.82) is 0 Å². The van der Waals surface area contributed by atoms with Gasteiger partial charge in [0.25, 0.3) is 5.91 Å². The van der Waals surface area contributed by atoms with Crippen LogP contribution in [0.2, 0.25) is 5.02 Å². The molecule has 2 atom stereocenters. The molecule has 8 nitrogen and oxygen atoms in total. The second-order valence-corrected chi connectivity index (χ2v) is 11.6. The number of ether oxygens (including phenoxy) is 1. The molecule has 3 aromatic carbocycles. The number of rotatable bonds is 10. The predicted octanol–water partition coefficient (Wildman–Crippen LogP) is 4.66. The van der Waals surface area contributed by atoms with E-state index < -0.39 is 35.3 Å². The zero-order valence-corrected chi connectivity index (χ0v) is 24.6. The number of fused-ring (bicyclic) bond motifs is 1. The van der Waals surface area contributed by atoms with Gasteiger partial charge in [-0.1, -0.05) is 67.9 Å². The molecule has 0 radical (unpaired) electrons. The van der Waals surface area contributed by atoms with E-state index in [-0.39, 0.29) is 32.0 Å². The molecule has 42 heavy (non-hydrogen) atoms. The van der Waals surface area contributed by atoms with Crippen molar-refractivity contribution in [2.24, 2.45) is 5.41 Å². The Morgan fingerprint density at radius 1 is 1.05 bits per heavy atom. The molecule has 4 rings (SSSR count). The maximum atomic E-state index is 14.1. The fourth-order valence-corrected chi connectivity index (χ4v) is 4.95. The quantitative estimate of drug-likeness (QED) is 0.316. The Kier molecular flexibility index (Phi) is 9.98. The molecule has 0 bridgehead atoms. The van der Waals surface area contributed by atoms with Gasteiger partial charge in [0.2, 0.25) is 11.8 Å². The molecule has 10 heteroatoms. The van der Waals surface area contributed by atoms with E-state index in [1.807, 2.05) is 38.1 Å². The second-order valence-electron chi connectivity index (χ2n) is 11.2. The molecule has 222 valence electrons. The smallest absolute Gasteiger partial charge is 0.256 e. The van der Waals surface area contributed by atoms with Crippen LogP contribution in [0.5, 0.6) is 0 Å². The van der Waals surface area contributed by atoms with Gasteiger partial charge >= 0.3 is 0 Å². The number of anilines is 1. The normalized spacial score (nSPS) is 16.9. The first-order valence-corrected chi connectivity index (χ1v) is 14.1. The third-order valence-electron chi connectivity index (χ3n) is 7.02. The molecule has 3 amide bonds. The molecular weight excluding hydrogens is 561 g/mol. The molecule has 0 saturated carbocycles. The van der Waals surface area contributed by atoms with Gasteiger partial charge in [-0.05, 0) is 35.4 Å². The highest BCUT2D eigenvalue weighted by Gasteiger charge is 2.39. The van der Waals surface area contributed by atoms with Crippen LogP contribution in [0.15, 0.2) is 66.7 Å². The van der Waals surface area contributed by atoms with Crippen molar-refractivity contribution in [2.75, 3.05) is 18.1 Å². The van der Waals surface area contributed by atoms with E-state index in [1.165, 1.54) is 17.9 Å². The van der Waals surface area contributed by atoms with Crippen LogP contribution in [0.25, 0.3) is 0 Å². The summed E-state index contributed by atoms with van der Waals surface area (Å²) in [6.45, 7) is 5.34. The lowest BCUT2D eigenvalue weighted by Crippen LogP contribution is -2.46. The van der Waals surface area contributed by atoms with Crippen molar-refractivity contribution in [3.05, 3.63) is 99.8 Å². The molecule has 0 aromatic heterocycles. The molecule has 3 N–H and O–H groups in total. The highest BCUT2D eigenvalue weighted by atomic mass is 35.5. The minimum Gasteiger partial charge on any atom is -0.396 e. The van der Waals surface area contributed by atoms with E-state index in [0.717, 1.165) is 5.56 Å². The maximum Gasteiger partial charge on any atom is 0.256 e. The Morgan fingerprint density at radius 3 is 2.52 bits per heavy atom. The van der Waals surface area contributed by atoms with Crippen molar-refractivity contribution >= 4 is 35.0 Å². The van der Waals surface area contributed by atoms with E-state index in [9.17, 15) is 23.9 Å². The standard InChI is InChI=1S/C32H35ClFN3O5/c1-20(39)35-16-21-7-6-9-22(13-21)30-25-14-24(33)11-12-27(25)37(18-32(2,3)19-38)31(41)28(42-30)15-29(40)36-17-23-8-4-5-10-26(23)34/h4-14,28,30,38H,15-19H2,1-3H3,(H,35,39)(H,36,40). The first kappa shape index (κ1) is 31.2. The van der Waals surface area contributed by atoms with E-state index in [0.29, 0.717) is 33.9 Å². The summed E-state index contributed by atoms with van der Waals surface area (Å²) in [6, 6.07) is 18.7. The number of carbonyl (C=O) groups is 3. The molecule has 0 aliphatic carbocycles. The topological polar surface area (TPSA) is 108 Å². The van der Waals surface area contributed by atoms with Crippen molar-refractivity contribution < 1.29 is 28.6 Å². The van der Waals surface area contributed by atoms with Crippen molar-refractivity contribution in [1.82, 2.24) is 10.6 Å². The lowest BCUT2D eigenvalue weighted by Gasteiger charge is -2.32. The van der Waals surface area contributed by atoms with Crippen LogP contribution in [0.4, 0.5) is 10.1 Å². The van der Waals surface area contributed by atoms with Gasteiger partial charge in [0, 0.05) is 60.4 Å². The summed E-state index contributed by atoms with van der Waals surface area (Å²) in [5.41, 5.74) is 2.36. The number of carbonyl (C=O) groups excluding carboxylic acids is 3. The molecule has 1 aliphatic rings. The van der Waals surface area contributed by atoms with Crippen LogP contribution < -0.4 is 15.5 Å². The Morgan fingerprint density at radius 2 is 1.81 bits per heavy atom. The molecule has 3 aromatic rings. The SMILES string of the molecule is CC(=O)NCc1cccc(C2OC(CC(=O)NCc3ccccc3F)C(=O)N(CC(C)(C)CO)c3ccc(Cl)cc32)c1. The second kappa shape index (κ2) is 13.5. The van der Waals surface area contributed by atoms with Crippen LogP contribution in [0.3, 0.4) is 0 Å². The van der Waals surface area contributed by atoms with Gasteiger partial charge in [0.05, 0.1) is 6.42 Å². The fraction of sp³-hybridized carbons (Fsp3) is 0.344. The number of aliphatic hydroxyl groups excluding tert-OH is 1. The highest BCUT2D eigenvalue weighted by molar-refractivity contribution is 6.30. The molecule has 0 spiro atoms. The summed E-state index contributed by atoms with van der Waals surface area (Å²) in [5.74, 6) is -1.54. The summed E-state index contributed by atoms with van der Waals surface area (Å²) in [7, 11) is 0. The van der Waals surface area contributed by atoms with Gasteiger partial charge in [-0.15, -0.1) is 0 Å². The molecule has 2 unspecified atom stereocenters. The number of aliphatic hydroxyl groups is 1. The molecule has 1 aliphatic heterocycles. The van der Waals surface area contributed by atoms with Gasteiger partial charge in [0.1, 0.15) is 18.0 Å². The fourth-order valence-electron chi connectivity index (χ4n) is 4.77. The molecular formula is C32H35ClFN3O5. The Hall–Kier alpha value is -3.79. The van der Waals surface area contributed by atoms with Crippen molar-refractivity contribution in [3.63, 3.8) is 0 Å². The highest BCUT2D eigenvalue weighted by Crippen LogP contribution is 2.41. The Labute approximate surface area is 249 Å². The van der Waals surface area contributed by atoms with E-state index in [1.54, 1.807) is 36.4 Å². The van der Waals surface area contributed by atoms with Gasteiger partial charge < -0.3 is 25.4 Å². The van der Waals surface area contributed by atoms with Crippen LogP contribution >= 0.6 is 11.6 Å². The number of hydrogen-bond acceptors (Lipinski definition) is 5. The third kappa shape index (κ3) is 7.73. The summed E-state index contributed by atoms with van der Waals surface area (Å²) in [5, 5.41) is 15.9. The summed E-state index contributed by atoms with van der Waals surface area (Å²) < 4.78 is 20.6. The zero-order chi connectivity index (χ0) is 30.4. The van der Waals surface area contributed by atoms with Crippen LogP contribution in [0, 0.1) is 11.2 Å². The Bertz CT molecular complexity index is 1460. The number of hydrogen-bond donors (Lipinski definition) is 3. The lowest BCUT2D eigenvalue weighted by molar-refractivity contribution is -0.138. The van der Waals surface area contributed by atoms with Gasteiger partial charge in [0.15, 0.2) is 0 Å². The summed E-state index contributed by atoms with van der Waals surface area (Å²) in [6.07, 6.45) is -2.30. The number of nitrogens with one attached hydrogen (secondary N) is 2. The molecule has 0 saturated heterocycles. The van der Waals surface area contributed by atoms with E-state index in [2.05, 4.69) is 10.6 Å². The number of nitrogens with zero attached hydrogens (tertiary/aromatic N) is 1. The number of halogens is 2. The number of benzene rings is 3. The third-order valence-corrected chi connectivity index (χ3v) is 7.25. The minimum absolute atomic E-state index is 0.0435. The van der Waals surface area contributed by atoms with Gasteiger partial charge in [-0.3, -0.25) is 14.4 Å². The Balaban J connectivity index is 1.72. The van der Waals surface area contributed by atoms with E-state index >= 15 is 0 Å². The zero-order valence-electron chi connectivity index (χ0n) is 23.8. The minimum atomic E-state index is -1.20. The van der Waals surface area contributed by atoms with Crippen LogP contribution in [-0.2, 0) is 32.2 Å². The number of amides is 3. The van der Waals surface area contributed by atoms with E-state index in [4.69, 9.17) is 16.3 Å². The maximum absolute atomic E-state index is 14.1. The molecule has 0 fully saturated rings. The van der Waals surface area contributed by atoms with Crippen molar-refractivity contribution in [2.45, 2.75) is 52.5 Å². The summed E-state index contributed by atoms with van der Waals surface area (Å²) in [4.78, 5) is 40.2. The lowest BCUT2D eigenvalue weighted by atomic mass is 9.92. The average molecular weight is 596 g/mol. The van der Waals surface area contributed by atoms with Crippen LogP contribution in [0.1, 0.15) is 55.5 Å². The summed E-state index contributed by atoms with van der Waals surface area (Å²) >= 11 is 6.43. The monoisotopic (exact) mass is 595 g/mol. The van der Waals surface area contributed by atoms with Gasteiger partial charge in [-0.25, -0.2) is 4.39 Å². The first-order valence-electron chi connectivity index (χ1n) is 13.7. The van der Waals surface area contributed by atoms with Crippen molar-refractivity contribution in [3.8, 4) is 0 Å². The van der Waals surface area contributed by atoms with Gasteiger partial charge in [-0.2, -0.15) is 0 Å². The predicted molar refractivity (Wildman–Crippen MR) is 158 cm³/mol. The molecule has 1 heterocycles. The first-order chi connectivity index (χ1) is 20.0. The van der Waals surface area contributed by atoms with Crippen LogP contribution in [-0.4, -0.2) is 42.1 Å².